The fourth-order valence-electron chi connectivity index (χ4n) is 0.689. The molecule has 0 saturated heterocycles. The Bertz CT molecular complexity index is 227. The number of rotatable bonds is 3. The zero-order valence-electron chi connectivity index (χ0n) is 6.49. The molecule has 62 valence electrons. The van der Waals surface area contributed by atoms with Crippen molar-refractivity contribution < 1.29 is 0 Å². The van der Waals surface area contributed by atoms with Crippen LogP contribution in [0.5, 0.6) is 0 Å². The van der Waals surface area contributed by atoms with Gasteiger partial charge in [0.1, 0.15) is 18.2 Å². The van der Waals surface area contributed by atoms with Crippen LogP contribution in [0.25, 0.3) is 0 Å². The number of hydrogen-bond acceptors (Lipinski definition) is 5. The summed E-state index contributed by atoms with van der Waals surface area (Å²) in [5.41, 5.74) is 8.96. The van der Waals surface area contributed by atoms with Gasteiger partial charge in [0, 0.05) is 19.0 Å². The van der Waals surface area contributed by atoms with Gasteiger partial charge in [-0.25, -0.2) is 0 Å². The Morgan fingerprint density at radius 3 is 1.83 bits per heavy atom. The summed E-state index contributed by atoms with van der Waals surface area (Å²) < 4.78 is 0. The summed E-state index contributed by atoms with van der Waals surface area (Å²) in [4.78, 5) is 0. The first-order chi connectivity index (χ1) is 5.64. The lowest BCUT2D eigenvalue weighted by atomic mass is 9.86. The first-order valence-corrected chi connectivity index (χ1v) is 3.33. The molecule has 4 N–H and O–H groups in total. The van der Waals surface area contributed by atoms with E-state index in [0.717, 1.165) is 0 Å². The van der Waals surface area contributed by atoms with Crippen molar-refractivity contribution in [3.05, 3.63) is 0 Å². The highest BCUT2D eigenvalue weighted by atomic mass is 14.7. The van der Waals surface area contributed by atoms with Gasteiger partial charge in [-0.15, -0.1) is 0 Å². The van der Waals surface area contributed by atoms with Gasteiger partial charge in [-0.3, -0.25) is 0 Å². The molecule has 0 rings (SSSR count). The van der Waals surface area contributed by atoms with E-state index in [4.69, 9.17) is 27.3 Å². The van der Waals surface area contributed by atoms with Crippen molar-refractivity contribution in [1.82, 2.24) is 0 Å². The summed E-state index contributed by atoms with van der Waals surface area (Å²) in [6, 6.07) is 4.38. The third-order valence-corrected chi connectivity index (χ3v) is 1.44. The number of nitriles is 3. The predicted molar refractivity (Wildman–Crippen MR) is 40.9 cm³/mol. The second-order valence-electron chi connectivity index (χ2n) is 2.44. The normalized spacial score (nSPS) is 12.2. The standard InChI is InChI=1S/C7H9N5/c8-2-6(12)1-7(3-9,4-10)5-11/h6H,1-2,8,12H2. The van der Waals surface area contributed by atoms with Gasteiger partial charge >= 0.3 is 0 Å². The van der Waals surface area contributed by atoms with Gasteiger partial charge in [-0.2, -0.15) is 15.8 Å². The molecule has 0 aromatic heterocycles. The van der Waals surface area contributed by atoms with Crippen molar-refractivity contribution >= 4 is 0 Å². The monoisotopic (exact) mass is 163 g/mol. The summed E-state index contributed by atoms with van der Waals surface area (Å²) >= 11 is 0. The molecule has 0 aliphatic carbocycles. The Balaban J connectivity index is 4.51. The van der Waals surface area contributed by atoms with Crippen LogP contribution in [-0.2, 0) is 0 Å². The lowest BCUT2D eigenvalue weighted by Gasteiger charge is -2.13. The summed E-state index contributed by atoms with van der Waals surface area (Å²) in [6.45, 7) is 0.160. The molecule has 0 heterocycles. The van der Waals surface area contributed by atoms with Crippen molar-refractivity contribution in [1.29, 1.82) is 15.8 Å². The first kappa shape index (κ1) is 10.4. The molecule has 1 unspecified atom stereocenters. The van der Waals surface area contributed by atoms with Crippen molar-refractivity contribution in [2.24, 2.45) is 16.9 Å². The lowest BCUT2D eigenvalue weighted by Crippen LogP contribution is -2.35. The smallest absolute Gasteiger partial charge is 0.230 e. The van der Waals surface area contributed by atoms with Gasteiger partial charge in [-0.1, -0.05) is 0 Å². The van der Waals surface area contributed by atoms with Crippen LogP contribution >= 0.6 is 0 Å². The molecule has 0 aromatic carbocycles. The first-order valence-electron chi connectivity index (χ1n) is 3.33. The van der Waals surface area contributed by atoms with Gasteiger partial charge in [0.05, 0.1) is 0 Å². The molecular formula is C7H9N5. The van der Waals surface area contributed by atoms with Gasteiger partial charge in [0.25, 0.3) is 0 Å². The topological polar surface area (TPSA) is 123 Å². The zero-order chi connectivity index (χ0) is 9.61. The average Bonchev–Trinajstić information content (AvgIpc) is 2.14. The lowest BCUT2D eigenvalue weighted by molar-refractivity contribution is 0.510. The Morgan fingerprint density at radius 1 is 1.17 bits per heavy atom. The van der Waals surface area contributed by atoms with Crippen LogP contribution in [0.2, 0.25) is 0 Å². The fourth-order valence-corrected chi connectivity index (χ4v) is 0.689. The molecule has 0 fully saturated rings. The van der Waals surface area contributed by atoms with Crippen molar-refractivity contribution in [2.75, 3.05) is 6.54 Å². The Kier molecular flexibility index (Phi) is 3.73. The quantitative estimate of drug-likeness (QED) is 0.564. The molecule has 5 heteroatoms. The maximum Gasteiger partial charge on any atom is 0.230 e. The molecule has 0 aliphatic rings. The second-order valence-corrected chi connectivity index (χ2v) is 2.44. The minimum absolute atomic E-state index is 0.00694. The van der Waals surface area contributed by atoms with Gasteiger partial charge in [-0.05, 0) is 0 Å². The van der Waals surface area contributed by atoms with Crippen LogP contribution in [0, 0.1) is 39.4 Å². The minimum atomic E-state index is -1.64. The Morgan fingerprint density at radius 2 is 1.58 bits per heavy atom. The van der Waals surface area contributed by atoms with E-state index in [1.165, 1.54) is 0 Å². The summed E-state index contributed by atoms with van der Waals surface area (Å²) in [5.74, 6) is 0. The van der Waals surface area contributed by atoms with E-state index in [1.54, 1.807) is 18.2 Å². The fraction of sp³-hybridized carbons (Fsp3) is 0.571. The molecule has 0 saturated carbocycles. The van der Waals surface area contributed by atoms with E-state index in [0.29, 0.717) is 0 Å². The Hall–Kier alpha value is -1.61. The van der Waals surface area contributed by atoms with Crippen LogP contribution in [0.15, 0.2) is 0 Å². The van der Waals surface area contributed by atoms with E-state index >= 15 is 0 Å². The highest BCUT2D eigenvalue weighted by Gasteiger charge is 2.31. The molecule has 0 amide bonds. The van der Waals surface area contributed by atoms with E-state index in [1.807, 2.05) is 0 Å². The van der Waals surface area contributed by atoms with Gasteiger partial charge in [0.2, 0.25) is 5.41 Å². The summed E-state index contributed by atoms with van der Waals surface area (Å²) in [6.07, 6.45) is -0.00694. The third-order valence-electron chi connectivity index (χ3n) is 1.44. The number of hydrogen-bond donors (Lipinski definition) is 2. The minimum Gasteiger partial charge on any atom is -0.329 e. The van der Waals surface area contributed by atoms with Crippen LogP contribution in [0.1, 0.15) is 6.42 Å². The number of nitrogens with two attached hydrogens (primary N) is 2. The third kappa shape index (κ3) is 2.21. The van der Waals surface area contributed by atoms with E-state index in [-0.39, 0.29) is 13.0 Å². The van der Waals surface area contributed by atoms with E-state index in [9.17, 15) is 0 Å². The van der Waals surface area contributed by atoms with E-state index in [2.05, 4.69) is 0 Å². The predicted octanol–water partition coefficient (Wildman–Crippen LogP) is -0.780. The molecule has 0 aromatic rings. The van der Waals surface area contributed by atoms with Crippen molar-refractivity contribution in [3.63, 3.8) is 0 Å². The van der Waals surface area contributed by atoms with Gasteiger partial charge in [0.15, 0.2) is 0 Å². The molecular weight excluding hydrogens is 154 g/mol. The molecule has 5 nitrogen and oxygen atoms in total. The maximum absolute atomic E-state index is 8.53. The molecule has 0 bridgehead atoms. The molecule has 1 atom stereocenters. The largest absolute Gasteiger partial charge is 0.329 e. The maximum atomic E-state index is 8.53. The van der Waals surface area contributed by atoms with Crippen LogP contribution < -0.4 is 11.5 Å². The molecule has 0 aliphatic heterocycles. The van der Waals surface area contributed by atoms with E-state index < -0.39 is 11.5 Å². The number of nitrogens with zero attached hydrogens (tertiary/aromatic N) is 3. The average molecular weight is 163 g/mol. The second kappa shape index (κ2) is 4.31. The van der Waals surface area contributed by atoms with Gasteiger partial charge < -0.3 is 11.5 Å². The van der Waals surface area contributed by atoms with Crippen molar-refractivity contribution in [2.45, 2.75) is 12.5 Å². The molecule has 12 heavy (non-hydrogen) atoms. The Labute approximate surface area is 70.8 Å². The summed E-state index contributed by atoms with van der Waals surface area (Å²) in [5, 5.41) is 25.6. The highest BCUT2D eigenvalue weighted by Crippen LogP contribution is 2.19. The molecule has 0 spiro atoms. The van der Waals surface area contributed by atoms with Crippen LogP contribution in [0.3, 0.4) is 0 Å². The van der Waals surface area contributed by atoms with Crippen molar-refractivity contribution in [3.8, 4) is 18.2 Å². The summed E-state index contributed by atoms with van der Waals surface area (Å²) in [7, 11) is 0. The zero-order valence-corrected chi connectivity index (χ0v) is 6.49. The molecule has 0 radical (unpaired) electrons. The highest BCUT2D eigenvalue weighted by molar-refractivity contribution is 5.26. The van der Waals surface area contributed by atoms with Crippen LogP contribution in [-0.4, -0.2) is 12.6 Å². The van der Waals surface area contributed by atoms with Crippen LogP contribution in [0.4, 0.5) is 0 Å². The SMILES string of the molecule is N#CC(C#N)(C#N)CC(N)CN.